The minimum atomic E-state index is 0.519. The quantitative estimate of drug-likeness (QED) is 0.0666. The maximum Gasteiger partial charge on any atom is 0.0821 e. The molecule has 0 aliphatic carbocycles. The van der Waals surface area contributed by atoms with E-state index in [1.54, 1.807) is 0 Å². The third-order valence-corrected chi connectivity index (χ3v) is 5.87. The van der Waals surface area contributed by atoms with Crippen LogP contribution in [0, 0.1) is 18.8 Å². The van der Waals surface area contributed by atoms with Crippen molar-refractivity contribution in [1.29, 1.82) is 0 Å². The van der Waals surface area contributed by atoms with Crippen molar-refractivity contribution < 1.29 is 0 Å². The fraction of sp³-hybridized carbons (Fsp3) is 0.436. The third kappa shape index (κ3) is 28.1. The van der Waals surface area contributed by atoms with Crippen LogP contribution >= 0.6 is 0 Å². The smallest absolute Gasteiger partial charge is 0.0821 e. The van der Waals surface area contributed by atoms with Gasteiger partial charge in [0.05, 0.1) is 6.42 Å². The van der Waals surface area contributed by atoms with Gasteiger partial charge in [-0.05, 0) is 82.6 Å². The molecular formula is C39H58. The normalized spacial score (nSPS) is 14.6. The molecule has 0 bridgehead atoms. The molecule has 39 heavy (non-hydrogen) atoms. The van der Waals surface area contributed by atoms with Crippen molar-refractivity contribution in [1.82, 2.24) is 0 Å². The molecule has 0 aromatic rings. The number of hydrogen-bond acceptors (Lipinski definition) is 0. The van der Waals surface area contributed by atoms with E-state index >= 15 is 0 Å². The molecule has 0 aromatic heterocycles. The molecule has 1 unspecified atom stereocenters. The predicted molar refractivity (Wildman–Crippen MR) is 181 cm³/mol. The molecule has 0 saturated carbocycles. The van der Waals surface area contributed by atoms with Crippen molar-refractivity contribution in [2.45, 2.75) is 105 Å². The van der Waals surface area contributed by atoms with Crippen molar-refractivity contribution in [3.63, 3.8) is 0 Å². The Hall–Kier alpha value is -2.73. The van der Waals surface area contributed by atoms with Gasteiger partial charge in [-0.25, -0.2) is 0 Å². The van der Waals surface area contributed by atoms with E-state index in [0.717, 1.165) is 77.0 Å². The Bertz CT molecular complexity index is 816. The van der Waals surface area contributed by atoms with Crippen molar-refractivity contribution in [3.8, 4) is 0 Å². The van der Waals surface area contributed by atoms with E-state index in [-0.39, 0.29) is 0 Å². The largest absolute Gasteiger partial charge is 0.277 e. The zero-order valence-electron chi connectivity index (χ0n) is 25.7. The monoisotopic (exact) mass is 526 g/mol. The van der Waals surface area contributed by atoms with E-state index in [0.29, 0.717) is 5.92 Å². The minimum Gasteiger partial charge on any atom is -0.277 e. The lowest BCUT2D eigenvalue weighted by Crippen LogP contribution is -2.00. The molecule has 0 amide bonds. The van der Waals surface area contributed by atoms with Gasteiger partial charge in [-0.3, -0.25) is 6.42 Å². The highest BCUT2D eigenvalue weighted by atomic mass is 14.1. The van der Waals surface area contributed by atoms with Gasteiger partial charge in [-0.2, -0.15) is 6.42 Å². The van der Waals surface area contributed by atoms with Crippen LogP contribution in [-0.2, 0) is 0 Å². The van der Waals surface area contributed by atoms with Crippen LogP contribution in [0.2, 0.25) is 0 Å². The summed E-state index contributed by atoms with van der Waals surface area (Å²) in [5.41, 5.74) is 1.29. The summed E-state index contributed by atoms with van der Waals surface area (Å²) in [6.07, 6.45) is 60.4. The summed E-state index contributed by atoms with van der Waals surface area (Å²) in [5, 5.41) is 0. The lowest BCUT2D eigenvalue weighted by Gasteiger charge is -2.15. The maximum atomic E-state index is 2.44. The van der Waals surface area contributed by atoms with Gasteiger partial charge in [0.2, 0.25) is 0 Å². The van der Waals surface area contributed by atoms with Gasteiger partial charge in [0.1, 0.15) is 0 Å². The summed E-state index contributed by atoms with van der Waals surface area (Å²) in [7, 11) is 0. The van der Waals surface area contributed by atoms with E-state index < -0.39 is 0 Å². The molecule has 0 heterocycles. The maximum absolute atomic E-state index is 2.44. The molecule has 0 spiro atoms. The van der Waals surface area contributed by atoms with E-state index in [9.17, 15) is 0 Å². The second-order valence-corrected chi connectivity index (χ2v) is 9.46. The van der Waals surface area contributed by atoms with Gasteiger partial charge in [0.15, 0.2) is 0 Å². The van der Waals surface area contributed by atoms with E-state index in [2.05, 4.69) is 156 Å². The summed E-state index contributed by atoms with van der Waals surface area (Å²) in [4.78, 5) is 0. The first kappa shape index (κ1) is 36.3. The van der Waals surface area contributed by atoms with E-state index in [4.69, 9.17) is 0 Å². The highest BCUT2D eigenvalue weighted by molar-refractivity contribution is 5.31. The number of hydrogen-bond donors (Lipinski definition) is 0. The summed E-state index contributed by atoms with van der Waals surface area (Å²) < 4.78 is 0. The topological polar surface area (TPSA) is 0 Å². The molecule has 0 nitrogen and oxygen atoms in total. The first-order valence-electron chi connectivity index (χ1n) is 15.5. The van der Waals surface area contributed by atoms with Crippen LogP contribution in [0.4, 0.5) is 0 Å². The van der Waals surface area contributed by atoms with Crippen molar-refractivity contribution >= 4 is 0 Å². The molecule has 0 heteroatoms. The number of allylic oxidation sites excluding steroid dienone is 20. The molecule has 0 fully saturated rings. The zero-order valence-corrected chi connectivity index (χ0v) is 25.7. The summed E-state index contributed by atoms with van der Waals surface area (Å²) in [6, 6.07) is 0. The molecule has 1 atom stereocenters. The van der Waals surface area contributed by atoms with Crippen molar-refractivity contribution in [2.24, 2.45) is 5.92 Å². The Labute approximate surface area is 244 Å². The van der Waals surface area contributed by atoms with Crippen LogP contribution in [0.1, 0.15) is 105 Å². The van der Waals surface area contributed by atoms with E-state index in [1.807, 2.05) is 0 Å². The van der Waals surface area contributed by atoms with Crippen LogP contribution < -0.4 is 0 Å². The number of rotatable bonds is 24. The summed E-state index contributed by atoms with van der Waals surface area (Å²) in [6.45, 7) is 8.76. The van der Waals surface area contributed by atoms with E-state index in [1.165, 1.54) is 5.57 Å². The molecular weight excluding hydrogens is 468 g/mol. The first-order valence-corrected chi connectivity index (χ1v) is 15.5. The lowest BCUT2D eigenvalue weighted by molar-refractivity contribution is 0.666. The Kier molecular flexibility index (Phi) is 29.3. The summed E-state index contributed by atoms with van der Waals surface area (Å²) >= 11 is 0. The van der Waals surface area contributed by atoms with Crippen LogP contribution in [0.5, 0.6) is 0 Å². The molecule has 0 radical (unpaired) electrons. The van der Waals surface area contributed by atoms with Gasteiger partial charge in [0.25, 0.3) is 0 Å². The van der Waals surface area contributed by atoms with Crippen LogP contribution in [-0.4, -0.2) is 0 Å². The molecule has 0 rings (SSSR count). The average molecular weight is 527 g/mol. The minimum absolute atomic E-state index is 0.519. The third-order valence-electron chi connectivity index (χ3n) is 5.87. The van der Waals surface area contributed by atoms with Gasteiger partial charge < -0.3 is 0 Å². The van der Waals surface area contributed by atoms with Gasteiger partial charge in [0, 0.05) is 6.42 Å². The predicted octanol–water partition coefficient (Wildman–Crippen LogP) is 12.7. The SMILES string of the molecule is CCC=CCC=CCC=CCC=CC(C=CCC([CH+]CC)[CH-]CC=CCC=CCC)=CCC=CCC=CCC. The average Bonchev–Trinajstić information content (AvgIpc) is 2.94. The van der Waals surface area contributed by atoms with Crippen molar-refractivity contribution in [2.75, 3.05) is 0 Å². The Balaban J connectivity index is 4.90. The highest BCUT2D eigenvalue weighted by Crippen LogP contribution is 2.18. The van der Waals surface area contributed by atoms with Crippen LogP contribution in [0.15, 0.2) is 121 Å². The standard InChI is InChI=1S/C39H58/c1-5-9-12-15-18-19-20-21-24-27-30-35-39(34-29-26-23-17-14-11-7-3)37-31-36-38(32-8-4)33-28-25-22-16-13-10-6-2/h9-14,18-19,21-26,30-35,37-38H,5-8,15-17,20,27-29,36H2,1-4H3. The zero-order chi connectivity index (χ0) is 28.5. The van der Waals surface area contributed by atoms with Crippen LogP contribution in [0.3, 0.4) is 0 Å². The Morgan fingerprint density at radius 2 is 0.949 bits per heavy atom. The second-order valence-electron chi connectivity index (χ2n) is 9.46. The summed E-state index contributed by atoms with van der Waals surface area (Å²) in [5.74, 6) is 0.519. The van der Waals surface area contributed by atoms with Gasteiger partial charge >= 0.3 is 0 Å². The molecule has 0 aliphatic heterocycles. The Morgan fingerprint density at radius 3 is 1.46 bits per heavy atom. The molecule has 0 aliphatic rings. The van der Waals surface area contributed by atoms with Crippen molar-refractivity contribution in [3.05, 3.63) is 134 Å². The first-order chi connectivity index (χ1) is 19.3. The molecule has 0 saturated heterocycles. The fourth-order valence-electron chi connectivity index (χ4n) is 3.76. The second kappa shape index (κ2) is 31.5. The van der Waals surface area contributed by atoms with Crippen LogP contribution in [0.25, 0.3) is 0 Å². The Morgan fingerprint density at radius 1 is 0.513 bits per heavy atom. The lowest BCUT2D eigenvalue weighted by atomic mass is 9.94. The molecule has 0 N–H and O–H groups in total. The molecule has 214 valence electrons. The van der Waals surface area contributed by atoms with Gasteiger partial charge in [-0.15, -0.1) is 6.08 Å². The van der Waals surface area contributed by atoms with Gasteiger partial charge in [-0.1, -0.05) is 130 Å². The highest BCUT2D eigenvalue weighted by Gasteiger charge is 2.04. The fourth-order valence-corrected chi connectivity index (χ4v) is 3.76. The molecule has 0 aromatic carbocycles.